The average molecular weight is 516 g/mol. The summed E-state index contributed by atoms with van der Waals surface area (Å²) in [4.78, 5) is 9.10. The molecule has 2 rings (SSSR count). The highest BCUT2D eigenvalue weighted by molar-refractivity contribution is 14.0. The summed E-state index contributed by atoms with van der Waals surface area (Å²) < 4.78 is 11.0. The Morgan fingerprint density at radius 3 is 2.52 bits per heavy atom. The molecule has 1 unspecified atom stereocenters. The number of aliphatic imine (C=N–C) groups is 1. The Kier molecular flexibility index (Phi) is 9.41. The Bertz CT molecular complexity index is 847. The molecule has 0 amide bonds. The first-order valence-corrected chi connectivity index (χ1v) is 9.50. The number of aliphatic hydroxyl groups is 1. The summed E-state index contributed by atoms with van der Waals surface area (Å²) in [5.41, 5.74) is 2.53. The van der Waals surface area contributed by atoms with Gasteiger partial charge in [0.1, 0.15) is 22.9 Å². The predicted octanol–water partition coefficient (Wildman–Crippen LogP) is 3.50. The maximum atomic E-state index is 10.9. The van der Waals surface area contributed by atoms with Gasteiger partial charge in [-0.25, -0.2) is 4.99 Å². The minimum Gasteiger partial charge on any atom is -0.496 e. The number of methoxy groups -OCH3 is 1. The van der Waals surface area contributed by atoms with Gasteiger partial charge in [0, 0.05) is 29.4 Å². The number of halogens is 1. The van der Waals surface area contributed by atoms with Gasteiger partial charge in [0.25, 0.3) is 0 Å². The number of aromatic nitrogens is 1. The van der Waals surface area contributed by atoms with Crippen molar-refractivity contribution in [2.24, 2.45) is 4.99 Å². The van der Waals surface area contributed by atoms with E-state index in [0.29, 0.717) is 25.6 Å². The lowest BCUT2D eigenvalue weighted by atomic mass is 9.96. The van der Waals surface area contributed by atoms with Crippen LogP contribution in [0.3, 0.4) is 0 Å². The molecule has 162 valence electrons. The summed E-state index contributed by atoms with van der Waals surface area (Å²) >= 11 is 0. The van der Waals surface area contributed by atoms with Crippen LogP contribution in [0.1, 0.15) is 47.8 Å². The van der Waals surface area contributed by atoms with Crippen molar-refractivity contribution >= 4 is 29.9 Å². The standard InChI is InChI=1S/C21H32N4O3.HI/c1-8-22-20(24-11-18-15(4)19(27-7)13(2)10-23-18)25-12-21(6,26)17-9-14(3)28-16(17)5;/h9-10,26H,8,11-12H2,1-7H3,(H2,22,24,25);1H. The molecule has 0 radical (unpaired) electrons. The number of hydrogen-bond donors (Lipinski definition) is 3. The van der Waals surface area contributed by atoms with Crippen LogP contribution >= 0.6 is 24.0 Å². The van der Waals surface area contributed by atoms with Crippen LogP contribution in [0.5, 0.6) is 5.75 Å². The number of furan rings is 1. The van der Waals surface area contributed by atoms with Crippen LogP contribution < -0.4 is 15.4 Å². The van der Waals surface area contributed by atoms with Crippen molar-refractivity contribution in [3.8, 4) is 5.75 Å². The van der Waals surface area contributed by atoms with E-state index >= 15 is 0 Å². The third-order valence-corrected chi connectivity index (χ3v) is 4.70. The topological polar surface area (TPSA) is 91.9 Å². The third-order valence-electron chi connectivity index (χ3n) is 4.70. The van der Waals surface area contributed by atoms with Crippen molar-refractivity contribution in [1.82, 2.24) is 15.6 Å². The van der Waals surface area contributed by atoms with E-state index in [1.165, 1.54) is 0 Å². The van der Waals surface area contributed by atoms with Gasteiger partial charge in [0.2, 0.25) is 0 Å². The smallest absolute Gasteiger partial charge is 0.191 e. The zero-order valence-corrected chi connectivity index (χ0v) is 20.7. The maximum Gasteiger partial charge on any atom is 0.191 e. The molecule has 0 fully saturated rings. The highest BCUT2D eigenvalue weighted by Crippen LogP contribution is 2.26. The minimum atomic E-state index is -1.08. The highest BCUT2D eigenvalue weighted by atomic mass is 127. The second kappa shape index (κ2) is 10.8. The van der Waals surface area contributed by atoms with Crippen LogP contribution in [0, 0.1) is 27.7 Å². The van der Waals surface area contributed by atoms with E-state index < -0.39 is 5.60 Å². The molecule has 0 spiro atoms. The van der Waals surface area contributed by atoms with Crippen LogP contribution in [0.2, 0.25) is 0 Å². The van der Waals surface area contributed by atoms with Gasteiger partial charge in [0.15, 0.2) is 5.96 Å². The lowest BCUT2D eigenvalue weighted by Gasteiger charge is -2.24. The fourth-order valence-electron chi connectivity index (χ4n) is 3.24. The minimum absolute atomic E-state index is 0. The Morgan fingerprint density at radius 1 is 1.28 bits per heavy atom. The van der Waals surface area contributed by atoms with Gasteiger partial charge in [-0.15, -0.1) is 24.0 Å². The number of ether oxygens (including phenoxy) is 1. The average Bonchev–Trinajstić information content (AvgIpc) is 2.98. The summed E-state index contributed by atoms with van der Waals surface area (Å²) in [5.74, 6) is 2.95. The number of guanidine groups is 1. The molecule has 0 aliphatic carbocycles. The summed E-state index contributed by atoms with van der Waals surface area (Å²) in [7, 11) is 1.66. The van der Waals surface area contributed by atoms with E-state index in [0.717, 1.165) is 39.7 Å². The number of nitrogens with one attached hydrogen (secondary N) is 2. The summed E-state index contributed by atoms with van der Waals surface area (Å²) in [6, 6.07) is 1.87. The van der Waals surface area contributed by atoms with Crippen molar-refractivity contribution in [1.29, 1.82) is 0 Å². The van der Waals surface area contributed by atoms with Crippen molar-refractivity contribution in [2.75, 3.05) is 20.2 Å². The number of aryl methyl sites for hydroxylation is 3. The Labute approximate surface area is 190 Å². The van der Waals surface area contributed by atoms with Gasteiger partial charge in [-0.05, 0) is 47.6 Å². The molecule has 7 nitrogen and oxygen atoms in total. The van der Waals surface area contributed by atoms with Gasteiger partial charge in [-0.3, -0.25) is 4.98 Å². The number of rotatable bonds is 7. The molecular weight excluding hydrogens is 483 g/mol. The molecule has 29 heavy (non-hydrogen) atoms. The van der Waals surface area contributed by atoms with Crippen LogP contribution in [-0.2, 0) is 12.1 Å². The maximum absolute atomic E-state index is 10.9. The molecule has 0 saturated carbocycles. The Balaban J connectivity index is 0.00000420. The van der Waals surface area contributed by atoms with Gasteiger partial charge >= 0.3 is 0 Å². The lowest BCUT2D eigenvalue weighted by Crippen LogP contribution is -2.44. The van der Waals surface area contributed by atoms with Crippen molar-refractivity contribution in [2.45, 2.75) is 53.7 Å². The zero-order valence-electron chi connectivity index (χ0n) is 18.3. The number of hydrogen-bond acceptors (Lipinski definition) is 5. The molecule has 0 bridgehead atoms. The first-order valence-electron chi connectivity index (χ1n) is 9.50. The molecule has 0 aliphatic rings. The van der Waals surface area contributed by atoms with Crippen molar-refractivity contribution < 1.29 is 14.3 Å². The number of pyridine rings is 1. The molecule has 2 aromatic rings. The molecule has 0 aliphatic heterocycles. The van der Waals surface area contributed by atoms with Crippen LogP contribution in [-0.4, -0.2) is 36.2 Å². The third kappa shape index (κ3) is 6.33. The Morgan fingerprint density at radius 2 is 1.97 bits per heavy atom. The van der Waals surface area contributed by atoms with E-state index in [1.807, 2.05) is 40.7 Å². The first kappa shape index (κ1) is 25.2. The van der Waals surface area contributed by atoms with E-state index in [4.69, 9.17) is 9.15 Å². The van der Waals surface area contributed by atoms with E-state index in [1.54, 1.807) is 20.2 Å². The Hall–Kier alpha value is -1.81. The molecule has 2 heterocycles. The summed E-state index contributed by atoms with van der Waals surface area (Å²) in [5, 5.41) is 17.3. The van der Waals surface area contributed by atoms with Gasteiger partial charge in [0.05, 0.1) is 25.9 Å². The molecule has 0 aromatic carbocycles. The van der Waals surface area contributed by atoms with Crippen molar-refractivity contribution in [3.63, 3.8) is 0 Å². The monoisotopic (exact) mass is 516 g/mol. The van der Waals surface area contributed by atoms with Crippen LogP contribution in [0.25, 0.3) is 0 Å². The van der Waals surface area contributed by atoms with Crippen molar-refractivity contribution in [3.05, 3.63) is 46.2 Å². The quantitative estimate of drug-likeness (QED) is 0.297. The molecule has 0 saturated heterocycles. The van der Waals surface area contributed by atoms with E-state index in [2.05, 4.69) is 20.6 Å². The second-order valence-corrected chi connectivity index (χ2v) is 7.20. The molecule has 2 aromatic heterocycles. The first-order chi connectivity index (χ1) is 13.2. The molecular formula is C21H33IN4O3. The van der Waals surface area contributed by atoms with E-state index in [9.17, 15) is 5.11 Å². The van der Waals surface area contributed by atoms with Crippen LogP contribution in [0.4, 0.5) is 0 Å². The van der Waals surface area contributed by atoms with Gasteiger partial charge < -0.3 is 24.9 Å². The molecule has 8 heteroatoms. The normalized spacial score (nSPS) is 13.4. The largest absolute Gasteiger partial charge is 0.496 e. The number of nitrogens with zero attached hydrogens (tertiary/aromatic N) is 2. The van der Waals surface area contributed by atoms with E-state index in [-0.39, 0.29) is 24.0 Å². The zero-order chi connectivity index (χ0) is 20.9. The molecule has 3 N–H and O–H groups in total. The second-order valence-electron chi connectivity index (χ2n) is 7.20. The molecule has 1 atom stereocenters. The van der Waals surface area contributed by atoms with Gasteiger partial charge in [-0.2, -0.15) is 0 Å². The fraction of sp³-hybridized carbons (Fsp3) is 0.524. The highest BCUT2D eigenvalue weighted by Gasteiger charge is 2.27. The van der Waals surface area contributed by atoms with Crippen LogP contribution in [0.15, 0.2) is 21.7 Å². The summed E-state index contributed by atoms with van der Waals surface area (Å²) in [6.45, 7) is 12.9. The lowest BCUT2D eigenvalue weighted by molar-refractivity contribution is 0.0601. The fourth-order valence-corrected chi connectivity index (χ4v) is 3.24. The van der Waals surface area contributed by atoms with Gasteiger partial charge in [-0.1, -0.05) is 0 Å². The summed E-state index contributed by atoms with van der Waals surface area (Å²) in [6.07, 6.45) is 1.80. The predicted molar refractivity (Wildman–Crippen MR) is 126 cm³/mol. The SMILES string of the molecule is CCNC(=NCc1ncc(C)c(OC)c1C)NCC(C)(O)c1cc(C)oc1C.I.